The zero-order valence-corrected chi connectivity index (χ0v) is 22.3. The van der Waals surface area contributed by atoms with E-state index in [2.05, 4.69) is 25.7 Å². The van der Waals surface area contributed by atoms with Crippen molar-refractivity contribution >= 4 is 17.2 Å². The molecule has 3 atom stereocenters. The smallest absolute Gasteiger partial charge is 0.180 e. The Morgan fingerprint density at radius 1 is 0.690 bits per heavy atom. The van der Waals surface area contributed by atoms with Gasteiger partial charge in [0, 0.05) is 39.5 Å². The second kappa shape index (κ2) is 16.3. The molecular formula is C21H47NO5P2. The van der Waals surface area contributed by atoms with E-state index >= 15 is 0 Å². The second-order valence-corrected chi connectivity index (χ2v) is 10.8. The number of hydrogen-bond donors (Lipinski definition) is 0. The van der Waals surface area contributed by atoms with E-state index in [1.165, 1.54) is 0 Å². The van der Waals surface area contributed by atoms with E-state index in [4.69, 9.17) is 23.7 Å². The molecule has 0 bridgehead atoms. The molecule has 176 valence electrons. The van der Waals surface area contributed by atoms with Gasteiger partial charge in [-0.15, -0.1) is 0 Å². The third kappa shape index (κ3) is 13.6. The average molecular weight is 456 g/mol. The van der Waals surface area contributed by atoms with Gasteiger partial charge in [0.25, 0.3) is 0 Å². The van der Waals surface area contributed by atoms with Crippen molar-refractivity contribution in [2.24, 2.45) is 0 Å². The minimum absolute atomic E-state index is 0.0699. The standard InChI is InChI=1S/C21H47NO5P2/c1-10-23-20(8,24-11-2)28-16-14-22(19(7)27-18(5)6)15-17-29-21(9,25-12-3)26-13-4/h18-19,28-29H,10-17H2,1-9H3. The molecule has 0 aliphatic heterocycles. The lowest BCUT2D eigenvalue weighted by Gasteiger charge is -2.34. The van der Waals surface area contributed by atoms with E-state index in [0.29, 0.717) is 43.6 Å². The van der Waals surface area contributed by atoms with Crippen LogP contribution in [0.15, 0.2) is 0 Å². The summed E-state index contributed by atoms with van der Waals surface area (Å²) in [6.07, 6.45) is 2.30. The molecule has 0 spiro atoms. The maximum Gasteiger partial charge on any atom is 0.180 e. The molecule has 8 heteroatoms. The molecule has 0 aromatic carbocycles. The van der Waals surface area contributed by atoms with E-state index in [1.807, 2.05) is 41.5 Å². The van der Waals surface area contributed by atoms with Gasteiger partial charge in [0.05, 0.1) is 6.10 Å². The summed E-state index contributed by atoms with van der Waals surface area (Å²) in [7, 11) is 1.15. The molecular weight excluding hydrogens is 408 g/mol. The molecule has 0 aliphatic rings. The Bertz CT molecular complexity index is 361. The largest absolute Gasteiger partial charge is 0.361 e. The maximum absolute atomic E-state index is 6.07. The van der Waals surface area contributed by atoms with Crippen LogP contribution in [0.1, 0.15) is 62.3 Å². The van der Waals surface area contributed by atoms with Crippen molar-refractivity contribution in [2.45, 2.75) is 85.7 Å². The predicted octanol–water partition coefficient (Wildman–Crippen LogP) is 4.91. The Morgan fingerprint density at radius 2 is 1.03 bits per heavy atom. The minimum atomic E-state index is -0.485. The van der Waals surface area contributed by atoms with Crippen LogP contribution in [0.3, 0.4) is 0 Å². The minimum Gasteiger partial charge on any atom is -0.361 e. The van der Waals surface area contributed by atoms with E-state index < -0.39 is 11.1 Å². The number of nitrogens with zero attached hydrogens (tertiary/aromatic N) is 1. The SMILES string of the molecule is CCOC(C)(OCC)PCCN(CCPC(C)(OCC)OCC)C(C)OC(C)C. The fraction of sp³-hybridized carbons (Fsp3) is 1.00. The first-order chi connectivity index (χ1) is 13.6. The van der Waals surface area contributed by atoms with Crippen LogP contribution in [0.2, 0.25) is 0 Å². The molecule has 29 heavy (non-hydrogen) atoms. The zero-order chi connectivity index (χ0) is 22.3. The lowest BCUT2D eigenvalue weighted by Crippen LogP contribution is -2.41. The Kier molecular flexibility index (Phi) is 16.6. The van der Waals surface area contributed by atoms with Gasteiger partial charge in [0.1, 0.15) is 6.23 Å². The summed E-state index contributed by atoms with van der Waals surface area (Å²) in [6.45, 7) is 23.0. The lowest BCUT2D eigenvalue weighted by molar-refractivity contribution is -0.156. The van der Waals surface area contributed by atoms with Crippen LogP contribution >= 0.6 is 17.2 Å². The molecule has 0 rings (SSSR count). The van der Waals surface area contributed by atoms with Gasteiger partial charge in [0.15, 0.2) is 11.1 Å². The predicted molar refractivity (Wildman–Crippen MR) is 127 cm³/mol. The van der Waals surface area contributed by atoms with Crippen molar-refractivity contribution in [1.82, 2.24) is 4.90 Å². The fourth-order valence-electron chi connectivity index (χ4n) is 3.20. The second-order valence-electron chi connectivity index (χ2n) is 7.30. The highest BCUT2D eigenvalue weighted by Gasteiger charge is 2.27. The van der Waals surface area contributed by atoms with Crippen LogP contribution in [0.5, 0.6) is 0 Å². The van der Waals surface area contributed by atoms with Crippen molar-refractivity contribution in [3.05, 3.63) is 0 Å². The molecule has 0 saturated heterocycles. The first-order valence-electron chi connectivity index (χ1n) is 11.1. The zero-order valence-electron chi connectivity index (χ0n) is 20.3. The van der Waals surface area contributed by atoms with Gasteiger partial charge < -0.3 is 23.7 Å². The van der Waals surface area contributed by atoms with Gasteiger partial charge in [-0.2, -0.15) is 0 Å². The average Bonchev–Trinajstić information content (AvgIpc) is 2.60. The van der Waals surface area contributed by atoms with Crippen LogP contribution in [0.25, 0.3) is 0 Å². The molecule has 0 aromatic rings. The molecule has 3 unspecified atom stereocenters. The first kappa shape index (κ1) is 29.6. The van der Waals surface area contributed by atoms with Gasteiger partial charge in [-0.1, -0.05) is 17.2 Å². The summed E-state index contributed by atoms with van der Waals surface area (Å²) in [4.78, 5) is 2.41. The van der Waals surface area contributed by atoms with Gasteiger partial charge >= 0.3 is 0 Å². The topological polar surface area (TPSA) is 49.4 Å². The van der Waals surface area contributed by atoms with Crippen molar-refractivity contribution in [1.29, 1.82) is 0 Å². The van der Waals surface area contributed by atoms with Crippen LogP contribution in [-0.4, -0.2) is 80.1 Å². The highest BCUT2D eigenvalue weighted by atomic mass is 31.1. The Labute approximate surface area is 183 Å². The van der Waals surface area contributed by atoms with Crippen LogP contribution in [-0.2, 0) is 23.7 Å². The van der Waals surface area contributed by atoms with Crippen molar-refractivity contribution < 1.29 is 23.7 Å². The fourth-order valence-corrected chi connectivity index (χ4v) is 5.89. The maximum atomic E-state index is 6.07. The van der Waals surface area contributed by atoms with Gasteiger partial charge in [0.2, 0.25) is 0 Å². The highest BCUT2D eigenvalue weighted by Crippen LogP contribution is 2.35. The summed E-state index contributed by atoms with van der Waals surface area (Å²) in [5.41, 5.74) is -0.969. The molecule has 0 N–H and O–H groups in total. The highest BCUT2D eigenvalue weighted by molar-refractivity contribution is 7.39. The molecule has 0 fully saturated rings. The van der Waals surface area contributed by atoms with Crippen molar-refractivity contribution in [3.8, 4) is 0 Å². The summed E-state index contributed by atoms with van der Waals surface area (Å²) in [5, 5.41) is 0. The molecule has 0 heterocycles. The summed E-state index contributed by atoms with van der Waals surface area (Å²) in [5.74, 6) is 0. The summed E-state index contributed by atoms with van der Waals surface area (Å²) >= 11 is 0. The monoisotopic (exact) mass is 455 g/mol. The van der Waals surface area contributed by atoms with Crippen LogP contribution in [0.4, 0.5) is 0 Å². The number of ether oxygens (including phenoxy) is 5. The Morgan fingerprint density at radius 3 is 1.31 bits per heavy atom. The van der Waals surface area contributed by atoms with Gasteiger partial charge in [-0.25, -0.2) is 0 Å². The Balaban J connectivity index is 4.81. The number of hydrogen-bond acceptors (Lipinski definition) is 6. The summed E-state index contributed by atoms with van der Waals surface area (Å²) < 4.78 is 29.5. The van der Waals surface area contributed by atoms with E-state index in [1.54, 1.807) is 0 Å². The summed E-state index contributed by atoms with van der Waals surface area (Å²) in [6, 6.07) is 0. The molecule has 0 aliphatic carbocycles. The molecule has 0 amide bonds. The molecule has 6 nitrogen and oxygen atoms in total. The van der Waals surface area contributed by atoms with Gasteiger partial charge in [-0.05, 0) is 74.6 Å². The lowest BCUT2D eigenvalue weighted by atomic mass is 10.4. The molecule has 0 saturated carbocycles. The first-order valence-corrected chi connectivity index (χ1v) is 13.5. The van der Waals surface area contributed by atoms with Crippen LogP contribution in [0, 0.1) is 0 Å². The Hall–Kier alpha value is 0.620. The van der Waals surface area contributed by atoms with Crippen molar-refractivity contribution in [2.75, 3.05) is 51.8 Å². The number of rotatable bonds is 19. The third-order valence-electron chi connectivity index (χ3n) is 4.35. The van der Waals surface area contributed by atoms with Gasteiger partial charge in [-0.3, -0.25) is 4.90 Å². The normalized spacial score (nSPS) is 15.0. The van der Waals surface area contributed by atoms with Crippen molar-refractivity contribution in [3.63, 3.8) is 0 Å². The quantitative estimate of drug-likeness (QED) is 0.204. The van der Waals surface area contributed by atoms with Crippen LogP contribution < -0.4 is 0 Å². The van der Waals surface area contributed by atoms with E-state index in [-0.39, 0.29) is 12.3 Å². The third-order valence-corrected chi connectivity index (χ3v) is 7.16. The molecule has 0 aromatic heterocycles. The molecule has 0 radical (unpaired) electrons. The van der Waals surface area contributed by atoms with E-state index in [9.17, 15) is 0 Å². The van der Waals surface area contributed by atoms with E-state index in [0.717, 1.165) is 25.4 Å².